The number of carbonyl (C=O) groups excluding carboxylic acids is 1. The average Bonchev–Trinajstić information content (AvgIpc) is 2.87. The molecule has 1 heterocycles. The lowest BCUT2D eigenvalue weighted by molar-refractivity contribution is 0.0950. The number of thiophene rings is 1. The van der Waals surface area contributed by atoms with Crippen LogP contribution in [0.3, 0.4) is 0 Å². The van der Waals surface area contributed by atoms with Gasteiger partial charge in [0.1, 0.15) is 5.82 Å². The maximum Gasteiger partial charge on any atom is 0.255 e. The molecule has 2 aromatic rings. The smallest absolute Gasteiger partial charge is 0.255 e. The summed E-state index contributed by atoms with van der Waals surface area (Å²) in [6.45, 7) is 2.08. The first kappa shape index (κ1) is 15.9. The molecule has 112 valence electrons. The lowest BCUT2D eigenvalue weighted by Crippen LogP contribution is -2.26. The van der Waals surface area contributed by atoms with Crippen LogP contribution in [0.5, 0.6) is 0 Å². The van der Waals surface area contributed by atoms with Crippen LogP contribution in [0.2, 0.25) is 5.02 Å². The molecule has 0 radical (unpaired) electrons. The molecule has 2 rings (SSSR count). The van der Waals surface area contributed by atoms with Crippen molar-refractivity contribution >= 4 is 28.8 Å². The zero-order chi connectivity index (χ0) is 15.4. The molecule has 0 saturated heterocycles. The molecule has 6 heteroatoms. The van der Waals surface area contributed by atoms with Crippen LogP contribution in [0.1, 0.15) is 33.1 Å². The van der Waals surface area contributed by atoms with Crippen LogP contribution < -0.4 is 5.32 Å². The highest BCUT2D eigenvalue weighted by Crippen LogP contribution is 2.23. The zero-order valence-electron chi connectivity index (χ0n) is 11.4. The summed E-state index contributed by atoms with van der Waals surface area (Å²) in [6.07, 6.45) is 0.130. The number of aliphatic hydroxyl groups is 1. The van der Waals surface area contributed by atoms with E-state index >= 15 is 0 Å². The molecule has 1 amide bonds. The summed E-state index contributed by atoms with van der Waals surface area (Å²) in [6, 6.07) is 7.91. The topological polar surface area (TPSA) is 49.3 Å². The van der Waals surface area contributed by atoms with Gasteiger partial charge in [-0.1, -0.05) is 17.7 Å². The number of benzene rings is 1. The van der Waals surface area contributed by atoms with Crippen molar-refractivity contribution in [1.29, 1.82) is 0 Å². The largest absolute Gasteiger partial charge is 0.388 e. The highest BCUT2D eigenvalue weighted by atomic mass is 35.5. The Morgan fingerprint density at radius 2 is 2.19 bits per heavy atom. The van der Waals surface area contributed by atoms with Crippen molar-refractivity contribution in [3.8, 4) is 0 Å². The summed E-state index contributed by atoms with van der Waals surface area (Å²) in [5, 5.41) is 12.2. The third-order valence-corrected chi connectivity index (χ3v) is 4.57. The number of amides is 1. The van der Waals surface area contributed by atoms with Crippen LogP contribution in [-0.2, 0) is 6.42 Å². The molecule has 0 aliphatic carbocycles. The molecular formula is C15H15ClFNO2S. The van der Waals surface area contributed by atoms with E-state index < -0.39 is 17.8 Å². The van der Waals surface area contributed by atoms with Gasteiger partial charge in [0.25, 0.3) is 5.91 Å². The van der Waals surface area contributed by atoms with E-state index in [1.165, 1.54) is 29.5 Å². The molecular weight excluding hydrogens is 313 g/mol. The van der Waals surface area contributed by atoms with Gasteiger partial charge in [-0.15, -0.1) is 11.3 Å². The van der Waals surface area contributed by atoms with Gasteiger partial charge in [0.15, 0.2) is 0 Å². The third kappa shape index (κ3) is 4.03. The van der Waals surface area contributed by atoms with E-state index in [0.29, 0.717) is 13.0 Å². The Bertz CT molecular complexity index is 622. The average molecular weight is 328 g/mol. The Hall–Kier alpha value is -1.43. The standard InChI is InChI=1S/C15H15ClFNO2S/c1-9(19)13-6-5-10(21-13)7-8-18-15(20)14-11(16)3-2-4-12(14)17/h2-6,9,19H,7-8H2,1H3,(H,18,20). The number of halogens is 2. The van der Waals surface area contributed by atoms with Crippen molar-refractivity contribution in [1.82, 2.24) is 5.32 Å². The minimum Gasteiger partial charge on any atom is -0.388 e. The van der Waals surface area contributed by atoms with Gasteiger partial charge in [-0.05, 0) is 37.6 Å². The van der Waals surface area contributed by atoms with Gasteiger partial charge in [-0.3, -0.25) is 4.79 Å². The number of nitrogens with one attached hydrogen (secondary N) is 1. The van der Waals surface area contributed by atoms with Crippen LogP contribution in [0, 0.1) is 5.82 Å². The predicted octanol–water partition coefficient (Wildman–Crippen LogP) is 3.57. The van der Waals surface area contributed by atoms with Crippen molar-refractivity contribution in [3.63, 3.8) is 0 Å². The summed E-state index contributed by atoms with van der Waals surface area (Å²) < 4.78 is 13.6. The van der Waals surface area contributed by atoms with E-state index in [-0.39, 0.29) is 10.6 Å². The lowest BCUT2D eigenvalue weighted by Gasteiger charge is -2.07. The van der Waals surface area contributed by atoms with E-state index in [1.54, 1.807) is 6.92 Å². The first-order valence-corrected chi connectivity index (χ1v) is 7.67. The molecule has 2 N–H and O–H groups in total. The fourth-order valence-corrected chi connectivity index (χ4v) is 3.05. The van der Waals surface area contributed by atoms with Gasteiger partial charge in [-0.2, -0.15) is 0 Å². The lowest BCUT2D eigenvalue weighted by atomic mass is 10.2. The van der Waals surface area contributed by atoms with Crippen LogP contribution >= 0.6 is 22.9 Å². The first-order chi connectivity index (χ1) is 9.99. The molecule has 0 fully saturated rings. The van der Waals surface area contributed by atoms with Gasteiger partial charge < -0.3 is 10.4 Å². The minimum atomic E-state index is -0.632. The minimum absolute atomic E-state index is 0.0972. The van der Waals surface area contributed by atoms with E-state index in [1.807, 2.05) is 12.1 Å². The molecule has 21 heavy (non-hydrogen) atoms. The second-order valence-corrected chi connectivity index (χ2v) is 6.19. The monoisotopic (exact) mass is 327 g/mol. The quantitative estimate of drug-likeness (QED) is 0.882. The summed E-state index contributed by atoms with van der Waals surface area (Å²) in [5.41, 5.74) is -0.130. The molecule has 0 spiro atoms. The Morgan fingerprint density at radius 3 is 2.81 bits per heavy atom. The number of aliphatic hydroxyl groups excluding tert-OH is 1. The number of carbonyl (C=O) groups is 1. The van der Waals surface area contributed by atoms with Gasteiger partial charge >= 0.3 is 0 Å². The van der Waals surface area contributed by atoms with Crippen LogP contribution in [0.4, 0.5) is 4.39 Å². The zero-order valence-corrected chi connectivity index (χ0v) is 13.0. The van der Waals surface area contributed by atoms with Crippen molar-refractivity contribution in [3.05, 3.63) is 56.5 Å². The van der Waals surface area contributed by atoms with Crippen molar-refractivity contribution in [2.45, 2.75) is 19.4 Å². The Morgan fingerprint density at radius 1 is 1.43 bits per heavy atom. The SMILES string of the molecule is CC(O)c1ccc(CCNC(=O)c2c(F)cccc2Cl)s1. The second kappa shape index (κ2) is 7.02. The van der Waals surface area contributed by atoms with E-state index in [9.17, 15) is 14.3 Å². The van der Waals surface area contributed by atoms with Gasteiger partial charge in [0.2, 0.25) is 0 Å². The van der Waals surface area contributed by atoms with Crippen LogP contribution in [0.25, 0.3) is 0 Å². The van der Waals surface area contributed by atoms with Crippen molar-refractivity contribution in [2.75, 3.05) is 6.54 Å². The third-order valence-electron chi connectivity index (χ3n) is 2.94. The molecule has 1 unspecified atom stereocenters. The van der Waals surface area contributed by atoms with E-state index in [0.717, 1.165) is 9.75 Å². The molecule has 1 aromatic carbocycles. The number of rotatable bonds is 5. The molecule has 0 saturated carbocycles. The summed E-state index contributed by atoms with van der Waals surface area (Å²) in [4.78, 5) is 13.8. The van der Waals surface area contributed by atoms with Crippen LogP contribution in [-0.4, -0.2) is 17.6 Å². The molecule has 0 bridgehead atoms. The summed E-state index contributed by atoms with van der Waals surface area (Å²) in [5.74, 6) is -1.15. The Kier molecular flexibility index (Phi) is 5.33. The maximum absolute atomic E-state index is 13.6. The molecule has 0 aliphatic heterocycles. The van der Waals surface area contributed by atoms with Crippen molar-refractivity contribution < 1.29 is 14.3 Å². The summed E-state index contributed by atoms with van der Waals surface area (Å²) in [7, 11) is 0. The number of hydrogen-bond donors (Lipinski definition) is 2. The highest BCUT2D eigenvalue weighted by Gasteiger charge is 2.15. The highest BCUT2D eigenvalue weighted by molar-refractivity contribution is 7.12. The van der Waals surface area contributed by atoms with E-state index in [4.69, 9.17) is 11.6 Å². The second-order valence-electron chi connectivity index (χ2n) is 4.58. The fraction of sp³-hybridized carbons (Fsp3) is 0.267. The number of hydrogen-bond acceptors (Lipinski definition) is 3. The summed E-state index contributed by atoms with van der Waals surface area (Å²) >= 11 is 7.33. The van der Waals surface area contributed by atoms with Crippen LogP contribution in [0.15, 0.2) is 30.3 Å². The van der Waals surface area contributed by atoms with E-state index in [2.05, 4.69) is 5.32 Å². The Balaban J connectivity index is 1.92. The molecule has 0 aliphatic rings. The maximum atomic E-state index is 13.6. The molecule has 3 nitrogen and oxygen atoms in total. The first-order valence-electron chi connectivity index (χ1n) is 6.48. The normalized spacial score (nSPS) is 12.2. The fourth-order valence-electron chi connectivity index (χ4n) is 1.86. The van der Waals surface area contributed by atoms with Crippen molar-refractivity contribution in [2.24, 2.45) is 0 Å². The van der Waals surface area contributed by atoms with Gasteiger partial charge in [0.05, 0.1) is 16.7 Å². The predicted molar refractivity (Wildman–Crippen MR) is 82.4 cm³/mol. The molecule has 1 aromatic heterocycles. The van der Waals surface area contributed by atoms with Gasteiger partial charge in [0, 0.05) is 16.3 Å². The van der Waals surface area contributed by atoms with Gasteiger partial charge in [-0.25, -0.2) is 4.39 Å². The Labute approximate surface area is 131 Å². The molecule has 1 atom stereocenters.